The van der Waals surface area contributed by atoms with Gasteiger partial charge in [0.25, 0.3) is 0 Å². The Balaban J connectivity index is 0. The zero-order valence-electron chi connectivity index (χ0n) is 16.1. The van der Waals surface area contributed by atoms with E-state index in [9.17, 15) is 0 Å². The molecule has 0 atom stereocenters. The Morgan fingerprint density at radius 2 is 0.667 bits per heavy atom. The van der Waals surface area contributed by atoms with Crippen molar-refractivity contribution < 1.29 is 0 Å². The number of alkyl halides is 1. The van der Waals surface area contributed by atoms with Crippen LogP contribution in [-0.4, -0.2) is 5.88 Å². The summed E-state index contributed by atoms with van der Waals surface area (Å²) in [6.07, 6.45) is 25.8. The molecular formula is C20H42Cl3P. The minimum absolute atomic E-state index is 0.0278. The van der Waals surface area contributed by atoms with Gasteiger partial charge in [0.05, 0.1) is 7.29 Å². The van der Waals surface area contributed by atoms with E-state index < -0.39 is 0 Å². The van der Waals surface area contributed by atoms with Gasteiger partial charge in [0.1, 0.15) is 0 Å². The molecule has 148 valence electrons. The van der Waals surface area contributed by atoms with Crippen LogP contribution in [0.4, 0.5) is 0 Å². The minimum atomic E-state index is 0.0278. The number of halogens is 3. The lowest BCUT2D eigenvalue weighted by atomic mass is 10.0. The van der Waals surface area contributed by atoms with Crippen LogP contribution in [0.5, 0.6) is 0 Å². The first-order chi connectivity index (χ1) is 11.8. The van der Waals surface area contributed by atoms with Crippen molar-refractivity contribution in [3.8, 4) is 0 Å². The van der Waals surface area contributed by atoms with E-state index in [0.29, 0.717) is 0 Å². The summed E-state index contributed by atoms with van der Waals surface area (Å²) in [6, 6.07) is 0. The van der Waals surface area contributed by atoms with Crippen molar-refractivity contribution in [1.29, 1.82) is 0 Å². The van der Waals surface area contributed by atoms with E-state index in [1.807, 2.05) is 0 Å². The maximum absolute atomic E-state index is 5.67. The second kappa shape index (κ2) is 29.1. The summed E-state index contributed by atoms with van der Waals surface area (Å²) in [5, 5.41) is 0. The maximum Gasteiger partial charge on any atom is 0.0713 e. The lowest BCUT2D eigenvalue weighted by Gasteiger charge is -2.03. The second-order valence-electron chi connectivity index (χ2n) is 6.77. The molecule has 0 spiro atoms. The third-order valence-corrected chi connectivity index (χ3v) is 4.75. The third-order valence-electron chi connectivity index (χ3n) is 4.49. The number of hydrogen-bond acceptors (Lipinski definition) is 0. The van der Waals surface area contributed by atoms with Gasteiger partial charge in [-0.2, -0.15) is 0 Å². The van der Waals surface area contributed by atoms with Crippen LogP contribution in [0, 0.1) is 0 Å². The van der Waals surface area contributed by atoms with Crippen molar-refractivity contribution in [1.82, 2.24) is 0 Å². The molecule has 0 N–H and O–H groups in total. The lowest BCUT2D eigenvalue weighted by molar-refractivity contribution is 0.526. The highest BCUT2D eigenvalue weighted by Crippen LogP contribution is 2.19. The van der Waals surface area contributed by atoms with Crippen molar-refractivity contribution in [2.45, 2.75) is 122 Å². The van der Waals surface area contributed by atoms with E-state index in [0.717, 1.165) is 5.88 Å². The van der Waals surface area contributed by atoms with E-state index >= 15 is 0 Å². The summed E-state index contributed by atoms with van der Waals surface area (Å²) in [6.45, 7) is 2.29. The first-order valence-electron chi connectivity index (χ1n) is 10.4. The van der Waals surface area contributed by atoms with Crippen molar-refractivity contribution >= 4 is 41.4 Å². The monoisotopic (exact) mass is 418 g/mol. The molecule has 0 saturated heterocycles. The summed E-state index contributed by atoms with van der Waals surface area (Å²) in [5.74, 6) is 0.846. The summed E-state index contributed by atoms with van der Waals surface area (Å²) < 4.78 is 0. The molecule has 4 heteroatoms. The van der Waals surface area contributed by atoms with Crippen molar-refractivity contribution in [3.05, 3.63) is 0 Å². The van der Waals surface area contributed by atoms with Crippen LogP contribution in [0.15, 0.2) is 0 Å². The first-order valence-corrected chi connectivity index (χ1v) is 13.9. The molecule has 0 saturated carbocycles. The summed E-state index contributed by atoms with van der Waals surface area (Å²) in [7, 11) is 0.0278. The zero-order valence-corrected chi connectivity index (χ0v) is 19.3. The summed E-state index contributed by atoms with van der Waals surface area (Å²) in [4.78, 5) is 0. The standard InChI is InChI=1S/C20H41Cl.Cl2HP/c1-2-3-4-5-6-7-8-9-10-11-12-13-14-15-16-17-18-19-20-21;1-3-2/h2-20H2,1H3;3H. The number of rotatable bonds is 18. The van der Waals surface area contributed by atoms with E-state index in [1.54, 1.807) is 0 Å². The Bertz CT molecular complexity index is 174. The highest BCUT2D eigenvalue weighted by atomic mass is 35.9. The molecule has 0 radical (unpaired) electrons. The smallest absolute Gasteiger partial charge is 0.0713 e. The van der Waals surface area contributed by atoms with Crippen LogP contribution in [0.2, 0.25) is 0 Å². The fourth-order valence-electron chi connectivity index (χ4n) is 3.00. The number of hydrogen-bond donors (Lipinski definition) is 0. The average molecular weight is 420 g/mol. The Kier molecular flexibility index (Phi) is 33.3. The predicted octanol–water partition coefficient (Wildman–Crippen LogP) is 10.2. The van der Waals surface area contributed by atoms with Crippen molar-refractivity contribution in [2.75, 3.05) is 5.88 Å². The lowest BCUT2D eigenvalue weighted by Crippen LogP contribution is -1.84. The molecule has 0 amide bonds. The predicted molar refractivity (Wildman–Crippen MR) is 120 cm³/mol. The molecular weight excluding hydrogens is 378 g/mol. The van der Waals surface area contributed by atoms with Gasteiger partial charge in [0.2, 0.25) is 0 Å². The molecule has 0 fully saturated rings. The normalized spacial score (nSPS) is 10.5. The Hall–Kier alpha value is 1.30. The van der Waals surface area contributed by atoms with Gasteiger partial charge in [-0.3, -0.25) is 0 Å². The molecule has 0 bridgehead atoms. The fourth-order valence-corrected chi connectivity index (χ4v) is 3.19. The van der Waals surface area contributed by atoms with E-state index in [-0.39, 0.29) is 7.29 Å². The molecule has 0 aliphatic carbocycles. The van der Waals surface area contributed by atoms with E-state index in [4.69, 9.17) is 34.1 Å². The molecule has 0 rings (SSSR count). The topological polar surface area (TPSA) is 0 Å². The van der Waals surface area contributed by atoms with Gasteiger partial charge in [-0.1, -0.05) is 139 Å². The van der Waals surface area contributed by atoms with Crippen LogP contribution >= 0.6 is 41.4 Å². The van der Waals surface area contributed by atoms with Gasteiger partial charge in [0.15, 0.2) is 0 Å². The summed E-state index contributed by atoms with van der Waals surface area (Å²) >= 11 is 15.3. The molecule has 0 aromatic carbocycles. The third kappa shape index (κ3) is 31.1. The maximum atomic E-state index is 5.67. The average Bonchev–Trinajstić information content (AvgIpc) is 2.58. The summed E-state index contributed by atoms with van der Waals surface area (Å²) in [5.41, 5.74) is 0. The van der Waals surface area contributed by atoms with Crippen LogP contribution in [0.25, 0.3) is 0 Å². The molecule has 24 heavy (non-hydrogen) atoms. The molecule has 0 nitrogen and oxygen atoms in total. The van der Waals surface area contributed by atoms with Gasteiger partial charge < -0.3 is 0 Å². The molecule has 0 heterocycles. The van der Waals surface area contributed by atoms with Crippen LogP contribution in [0.1, 0.15) is 122 Å². The Morgan fingerprint density at radius 3 is 0.875 bits per heavy atom. The van der Waals surface area contributed by atoms with Gasteiger partial charge >= 0.3 is 0 Å². The Morgan fingerprint density at radius 1 is 0.458 bits per heavy atom. The van der Waals surface area contributed by atoms with Crippen LogP contribution < -0.4 is 0 Å². The Labute approximate surface area is 169 Å². The molecule has 0 unspecified atom stereocenters. The SMILES string of the molecule is CCCCCCCCCCCCCCCCCCCCCl.ClPCl. The van der Waals surface area contributed by atoms with Gasteiger partial charge in [0, 0.05) is 5.88 Å². The van der Waals surface area contributed by atoms with E-state index in [1.165, 1.54) is 116 Å². The van der Waals surface area contributed by atoms with Gasteiger partial charge in [-0.25, -0.2) is 0 Å². The molecule has 0 aliphatic rings. The highest BCUT2D eigenvalue weighted by Gasteiger charge is 1.94. The van der Waals surface area contributed by atoms with Crippen LogP contribution in [0.3, 0.4) is 0 Å². The molecule has 0 aromatic rings. The van der Waals surface area contributed by atoms with Crippen LogP contribution in [-0.2, 0) is 0 Å². The molecule has 0 aromatic heterocycles. The van der Waals surface area contributed by atoms with Crippen molar-refractivity contribution in [3.63, 3.8) is 0 Å². The zero-order chi connectivity index (χ0) is 18.1. The largest absolute Gasteiger partial charge is 0.127 e. The van der Waals surface area contributed by atoms with Gasteiger partial charge in [-0.15, -0.1) is 11.6 Å². The first kappa shape index (κ1) is 27.5. The second-order valence-corrected chi connectivity index (χ2v) is 9.01. The molecule has 0 aliphatic heterocycles. The van der Waals surface area contributed by atoms with E-state index in [2.05, 4.69) is 6.92 Å². The minimum Gasteiger partial charge on any atom is -0.127 e. The quantitative estimate of drug-likeness (QED) is 0.118. The van der Waals surface area contributed by atoms with Gasteiger partial charge in [-0.05, 0) is 6.42 Å². The fraction of sp³-hybridized carbons (Fsp3) is 1.00. The highest BCUT2D eigenvalue weighted by molar-refractivity contribution is 7.90. The number of unbranched alkanes of at least 4 members (excludes halogenated alkanes) is 17. The van der Waals surface area contributed by atoms with Crippen molar-refractivity contribution in [2.24, 2.45) is 0 Å².